The highest BCUT2D eigenvalue weighted by atomic mass is 15.1. The van der Waals surface area contributed by atoms with E-state index in [-0.39, 0.29) is 0 Å². The van der Waals surface area contributed by atoms with Gasteiger partial charge in [-0.2, -0.15) is 0 Å². The summed E-state index contributed by atoms with van der Waals surface area (Å²) in [6, 6.07) is 64.5. The lowest BCUT2D eigenvalue weighted by molar-refractivity contribution is 1.11. The Balaban J connectivity index is 1.21. The SMILES string of the molecule is [C-]#[N+]c1ccc2c(c1)c1cc(-c3c4ccccc4c(-c4nc5ccccc5n4-c4ccccc4)c4ccccc34)ccc1n2-c1ccc2ccccc2c1. The van der Waals surface area contributed by atoms with E-state index in [1.807, 2.05) is 12.1 Å². The second-order valence-electron chi connectivity index (χ2n) is 13.8. The molecule has 0 amide bonds. The largest absolute Gasteiger partial charge is 0.309 e. The van der Waals surface area contributed by atoms with Crippen LogP contribution in [0.5, 0.6) is 0 Å². The van der Waals surface area contributed by atoms with Crippen molar-refractivity contribution in [2.75, 3.05) is 0 Å². The minimum Gasteiger partial charge on any atom is -0.309 e. The van der Waals surface area contributed by atoms with E-state index in [0.29, 0.717) is 5.69 Å². The normalized spacial score (nSPS) is 11.7. The first-order valence-corrected chi connectivity index (χ1v) is 18.2. The minimum atomic E-state index is 0.632. The van der Waals surface area contributed by atoms with Crippen LogP contribution in [0.15, 0.2) is 182 Å². The fourth-order valence-electron chi connectivity index (χ4n) is 8.54. The molecule has 9 aromatic carbocycles. The van der Waals surface area contributed by atoms with E-state index in [0.717, 1.165) is 82.7 Å². The molecule has 0 atom stereocenters. The topological polar surface area (TPSA) is 27.1 Å². The predicted molar refractivity (Wildman–Crippen MR) is 225 cm³/mol. The summed E-state index contributed by atoms with van der Waals surface area (Å²) in [5, 5.41) is 9.20. The second-order valence-corrected chi connectivity index (χ2v) is 13.8. The third-order valence-corrected chi connectivity index (χ3v) is 10.9. The first-order valence-electron chi connectivity index (χ1n) is 18.2. The van der Waals surface area contributed by atoms with Gasteiger partial charge in [0, 0.05) is 22.3 Å². The summed E-state index contributed by atoms with van der Waals surface area (Å²) in [4.78, 5) is 9.17. The van der Waals surface area contributed by atoms with Gasteiger partial charge in [0.15, 0.2) is 5.69 Å². The summed E-state index contributed by atoms with van der Waals surface area (Å²) in [5.41, 5.74) is 10.4. The van der Waals surface area contributed by atoms with Crippen LogP contribution in [0.2, 0.25) is 0 Å². The molecular weight excluding hydrogens is 657 g/mol. The van der Waals surface area contributed by atoms with E-state index >= 15 is 0 Å². The van der Waals surface area contributed by atoms with Crippen molar-refractivity contribution >= 4 is 70.8 Å². The quantitative estimate of drug-likeness (QED) is 0.134. The Labute approximate surface area is 311 Å². The van der Waals surface area contributed by atoms with Crippen molar-refractivity contribution < 1.29 is 0 Å². The van der Waals surface area contributed by atoms with Crippen LogP contribution in [0, 0.1) is 6.57 Å². The van der Waals surface area contributed by atoms with E-state index in [9.17, 15) is 0 Å². The molecule has 0 unspecified atom stereocenters. The fourth-order valence-corrected chi connectivity index (χ4v) is 8.54. The lowest BCUT2D eigenvalue weighted by Gasteiger charge is -2.18. The molecule has 0 saturated heterocycles. The maximum absolute atomic E-state index is 7.85. The number of benzene rings is 9. The lowest BCUT2D eigenvalue weighted by Crippen LogP contribution is -1.99. The molecular formula is C50H30N4. The van der Waals surface area contributed by atoms with Gasteiger partial charge >= 0.3 is 0 Å². The van der Waals surface area contributed by atoms with Gasteiger partial charge in [-0.25, -0.2) is 9.83 Å². The predicted octanol–water partition coefficient (Wildman–Crippen LogP) is 13.5. The smallest absolute Gasteiger partial charge is 0.188 e. The first-order chi connectivity index (χ1) is 26.7. The van der Waals surface area contributed by atoms with Gasteiger partial charge in [0.25, 0.3) is 0 Å². The zero-order valence-electron chi connectivity index (χ0n) is 29.1. The molecule has 0 N–H and O–H groups in total. The van der Waals surface area contributed by atoms with E-state index in [2.05, 4.69) is 184 Å². The zero-order chi connectivity index (χ0) is 35.8. The maximum atomic E-state index is 7.85. The van der Waals surface area contributed by atoms with Gasteiger partial charge in [-0.3, -0.25) is 4.57 Å². The molecule has 11 aromatic rings. The van der Waals surface area contributed by atoms with Crippen LogP contribution in [0.4, 0.5) is 5.69 Å². The summed E-state index contributed by atoms with van der Waals surface area (Å²) in [6.45, 7) is 7.85. The summed E-state index contributed by atoms with van der Waals surface area (Å²) < 4.78 is 4.63. The summed E-state index contributed by atoms with van der Waals surface area (Å²) in [7, 11) is 0. The van der Waals surface area contributed by atoms with Gasteiger partial charge in [-0.15, -0.1) is 0 Å². The van der Waals surface area contributed by atoms with E-state index in [1.165, 1.54) is 16.3 Å². The molecule has 2 aromatic heterocycles. The van der Waals surface area contributed by atoms with Crippen molar-refractivity contribution in [3.8, 4) is 33.9 Å². The summed E-state index contributed by atoms with van der Waals surface area (Å²) in [6.07, 6.45) is 0. The number of imidazole rings is 1. The van der Waals surface area contributed by atoms with Gasteiger partial charge in [0.05, 0.1) is 28.6 Å². The Morgan fingerprint density at radius 2 is 1.02 bits per heavy atom. The maximum Gasteiger partial charge on any atom is 0.188 e. The molecule has 0 spiro atoms. The van der Waals surface area contributed by atoms with Gasteiger partial charge in [0.2, 0.25) is 0 Å². The molecule has 54 heavy (non-hydrogen) atoms. The number of para-hydroxylation sites is 3. The highest BCUT2D eigenvalue weighted by Crippen LogP contribution is 2.46. The number of hydrogen-bond donors (Lipinski definition) is 0. The van der Waals surface area contributed by atoms with Crippen molar-refractivity contribution in [2.45, 2.75) is 0 Å². The van der Waals surface area contributed by atoms with Crippen molar-refractivity contribution in [1.82, 2.24) is 14.1 Å². The molecule has 4 nitrogen and oxygen atoms in total. The zero-order valence-corrected chi connectivity index (χ0v) is 29.1. The van der Waals surface area contributed by atoms with Crippen LogP contribution in [0.25, 0.3) is 104 Å². The molecule has 2 heterocycles. The molecule has 0 aliphatic heterocycles. The van der Waals surface area contributed by atoms with Gasteiger partial charge in [-0.05, 0) is 109 Å². The van der Waals surface area contributed by atoms with Crippen LogP contribution >= 0.6 is 0 Å². The number of hydrogen-bond acceptors (Lipinski definition) is 1. The Morgan fingerprint density at radius 3 is 1.76 bits per heavy atom. The van der Waals surface area contributed by atoms with Crippen LogP contribution in [-0.4, -0.2) is 14.1 Å². The van der Waals surface area contributed by atoms with Crippen LogP contribution in [-0.2, 0) is 0 Å². The summed E-state index contributed by atoms with van der Waals surface area (Å²) in [5.74, 6) is 0.918. The molecule has 0 fully saturated rings. The monoisotopic (exact) mass is 686 g/mol. The number of rotatable bonds is 4. The molecule has 0 aliphatic rings. The van der Waals surface area contributed by atoms with Gasteiger partial charge in [-0.1, -0.05) is 121 Å². The summed E-state index contributed by atoms with van der Waals surface area (Å²) >= 11 is 0. The molecule has 4 heteroatoms. The van der Waals surface area contributed by atoms with Gasteiger partial charge < -0.3 is 4.57 Å². The molecule has 250 valence electrons. The number of aromatic nitrogens is 3. The third kappa shape index (κ3) is 4.46. The van der Waals surface area contributed by atoms with Crippen molar-refractivity contribution in [1.29, 1.82) is 0 Å². The van der Waals surface area contributed by atoms with Gasteiger partial charge in [0.1, 0.15) is 5.82 Å². The van der Waals surface area contributed by atoms with Crippen molar-refractivity contribution in [3.05, 3.63) is 193 Å². The van der Waals surface area contributed by atoms with E-state index < -0.39 is 0 Å². The second kappa shape index (κ2) is 11.8. The van der Waals surface area contributed by atoms with Crippen LogP contribution in [0.3, 0.4) is 0 Å². The molecule has 0 bridgehead atoms. The average Bonchev–Trinajstić information content (AvgIpc) is 3.78. The standard InChI is InChI=1S/C50H30N4/c1-51-35-25-28-46-43(31-35)42-30-34(24-27-45(42)53(46)37-26-23-32-13-5-6-14-33(32)29-37)48-38-17-7-9-19-40(38)49(41-20-10-8-18-39(41)48)50-52-44-21-11-12-22-47(44)54(50)36-15-3-2-4-16-36/h2-31H. The Hall–Kier alpha value is -7.48. The highest BCUT2D eigenvalue weighted by molar-refractivity contribution is 6.22. The Bertz CT molecular complexity index is 3280. The minimum absolute atomic E-state index is 0.632. The fraction of sp³-hybridized carbons (Fsp3) is 0. The first kappa shape index (κ1) is 30.2. The Kier molecular flexibility index (Phi) is 6.58. The van der Waals surface area contributed by atoms with Crippen LogP contribution in [0.1, 0.15) is 0 Å². The molecule has 0 aliphatic carbocycles. The number of fused-ring (bicyclic) bond motifs is 7. The molecule has 0 radical (unpaired) electrons. The van der Waals surface area contributed by atoms with E-state index in [4.69, 9.17) is 11.6 Å². The van der Waals surface area contributed by atoms with Crippen molar-refractivity contribution in [3.63, 3.8) is 0 Å². The Morgan fingerprint density at radius 1 is 0.407 bits per heavy atom. The number of nitrogens with zero attached hydrogens (tertiary/aromatic N) is 4. The molecule has 0 saturated carbocycles. The van der Waals surface area contributed by atoms with E-state index in [1.54, 1.807) is 0 Å². The highest BCUT2D eigenvalue weighted by Gasteiger charge is 2.23. The lowest BCUT2D eigenvalue weighted by atomic mass is 9.87. The third-order valence-electron chi connectivity index (χ3n) is 10.9. The van der Waals surface area contributed by atoms with Crippen molar-refractivity contribution in [2.24, 2.45) is 0 Å². The molecule has 11 rings (SSSR count). The average molecular weight is 687 g/mol. The van der Waals surface area contributed by atoms with Crippen LogP contribution < -0.4 is 0 Å².